The summed E-state index contributed by atoms with van der Waals surface area (Å²) in [6.45, 7) is 2.64. The first kappa shape index (κ1) is 13.6. The summed E-state index contributed by atoms with van der Waals surface area (Å²) in [4.78, 5) is 15.9. The van der Waals surface area contributed by atoms with Gasteiger partial charge in [-0.15, -0.1) is 11.3 Å². The van der Waals surface area contributed by atoms with Gasteiger partial charge in [0.25, 0.3) is 0 Å². The van der Waals surface area contributed by atoms with Crippen LogP contribution in [-0.2, 0) is 11.3 Å². The largest absolute Gasteiger partial charge is 0.325 e. The van der Waals surface area contributed by atoms with Gasteiger partial charge in [-0.2, -0.15) is 0 Å². The van der Waals surface area contributed by atoms with Gasteiger partial charge >= 0.3 is 0 Å². The van der Waals surface area contributed by atoms with Crippen LogP contribution in [0.5, 0.6) is 0 Å². The van der Waals surface area contributed by atoms with E-state index in [1.165, 1.54) is 12.1 Å². The van der Waals surface area contributed by atoms with E-state index in [1.54, 1.807) is 23.5 Å². The predicted octanol–water partition coefficient (Wildman–Crippen LogP) is 2.32. The molecule has 2 rings (SSSR count). The monoisotopic (exact) mass is 279 g/mol. The Hall–Kier alpha value is -1.79. The lowest BCUT2D eigenvalue weighted by Gasteiger charge is -2.05. The molecule has 0 aliphatic carbocycles. The maximum Gasteiger partial charge on any atom is 0.238 e. The molecule has 2 N–H and O–H groups in total. The molecule has 6 heteroatoms. The lowest BCUT2D eigenvalue weighted by molar-refractivity contribution is -0.115. The van der Waals surface area contributed by atoms with Crippen LogP contribution in [0.1, 0.15) is 10.7 Å². The number of rotatable bonds is 5. The second-order valence-electron chi connectivity index (χ2n) is 4.02. The number of nitrogens with one attached hydrogen (secondary N) is 2. The van der Waals surface area contributed by atoms with Crippen LogP contribution in [0, 0.1) is 12.7 Å². The van der Waals surface area contributed by atoms with Gasteiger partial charge in [0.1, 0.15) is 5.82 Å². The van der Waals surface area contributed by atoms with Gasteiger partial charge in [0, 0.05) is 17.6 Å². The highest BCUT2D eigenvalue weighted by Gasteiger charge is 2.03. The smallest absolute Gasteiger partial charge is 0.238 e. The molecule has 2 aromatic rings. The van der Waals surface area contributed by atoms with E-state index in [1.807, 2.05) is 12.3 Å². The van der Waals surface area contributed by atoms with Crippen LogP contribution >= 0.6 is 11.3 Å². The minimum Gasteiger partial charge on any atom is -0.325 e. The van der Waals surface area contributed by atoms with Gasteiger partial charge in [-0.05, 0) is 25.1 Å². The summed E-state index contributed by atoms with van der Waals surface area (Å²) in [5.74, 6) is -0.582. The highest BCUT2D eigenvalue weighted by Crippen LogP contribution is 2.09. The Morgan fingerprint density at radius 2 is 2.32 bits per heavy atom. The number of hydrogen-bond donors (Lipinski definition) is 2. The fraction of sp³-hybridized carbons (Fsp3) is 0.231. The Balaban J connectivity index is 1.76. The summed E-state index contributed by atoms with van der Waals surface area (Å²) in [7, 11) is 0. The van der Waals surface area contributed by atoms with Gasteiger partial charge in [0.2, 0.25) is 5.91 Å². The number of nitrogens with zero attached hydrogens (tertiary/aromatic N) is 1. The average Bonchev–Trinajstić information content (AvgIpc) is 2.75. The number of anilines is 1. The Morgan fingerprint density at radius 1 is 1.47 bits per heavy atom. The standard InChI is InChI=1S/C13H14FN3OS/c1-9-16-12(8-19-9)6-15-7-13(18)17-11-4-2-3-10(14)5-11/h2-5,8,15H,6-7H2,1H3,(H,17,18). The number of aryl methyl sites for hydroxylation is 1. The van der Waals surface area contributed by atoms with Crippen LogP contribution in [0.2, 0.25) is 0 Å². The number of halogens is 1. The van der Waals surface area contributed by atoms with Gasteiger partial charge in [0.05, 0.1) is 17.2 Å². The molecule has 0 saturated heterocycles. The van der Waals surface area contributed by atoms with Gasteiger partial charge in [-0.1, -0.05) is 6.07 Å². The van der Waals surface area contributed by atoms with Crippen molar-refractivity contribution in [2.45, 2.75) is 13.5 Å². The molecule has 0 spiro atoms. The molecule has 0 radical (unpaired) electrons. The first-order valence-electron chi connectivity index (χ1n) is 5.80. The molecule has 0 atom stereocenters. The molecule has 0 saturated carbocycles. The first-order valence-corrected chi connectivity index (χ1v) is 6.68. The van der Waals surface area contributed by atoms with Crippen LogP contribution < -0.4 is 10.6 Å². The molecule has 0 aliphatic heterocycles. The van der Waals surface area contributed by atoms with Gasteiger partial charge < -0.3 is 10.6 Å². The minimum atomic E-state index is -0.372. The molecule has 1 amide bonds. The lowest BCUT2D eigenvalue weighted by Crippen LogP contribution is -2.27. The van der Waals surface area contributed by atoms with Crippen molar-refractivity contribution in [3.8, 4) is 0 Å². The van der Waals surface area contributed by atoms with E-state index in [-0.39, 0.29) is 18.3 Å². The van der Waals surface area contributed by atoms with E-state index < -0.39 is 0 Å². The third-order valence-electron chi connectivity index (χ3n) is 2.37. The lowest BCUT2D eigenvalue weighted by atomic mass is 10.3. The summed E-state index contributed by atoms with van der Waals surface area (Å²) >= 11 is 1.57. The maximum atomic E-state index is 12.9. The van der Waals surface area contributed by atoms with Crippen molar-refractivity contribution in [3.05, 3.63) is 46.2 Å². The molecule has 0 unspecified atom stereocenters. The minimum absolute atomic E-state index is 0.160. The van der Waals surface area contributed by atoms with E-state index in [4.69, 9.17) is 0 Å². The Labute approximate surface area is 114 Å². The summed E-state index contributed by atoms with van der Waals surface area (Å²) in [5.41, 5.74) is 1.37. The maximum absolute atomic E-state index is 12.9. The fourth-order valence-corrected chi connectivity index (χ4v) is 2.18. The topological polar surface area (TPSA) is 54.0 Å². The van der Waals surface area contributed by atoms with Gasteiger partial charge in [-0.25, -0.2) is 9.37 Å². The van der Waals surface area contributed by atoms with Crippen LogP contribution in [0.3, 0.4) is 0 Å². The van der Waals surface area contributed by atoms with Crippen LogP contribution in [-0.4, -0.2) is 17.4 Å². The number of carbonyl (C=O) groups excluding carboxylic acids is 1. The van der Waals surface area contributed by atoms with E-state index in [2.05, 4.69) is 15.6 Å². The van der Waals surface area contributed by atoms with Gasteiger partial charge in [0.15, 0.2) is 0 Å². The zero-order valence-electron chi connectivity index (χ0n) is 10.4. The number of aromatic nitrogens is 1. The molecule has 0 bridgehead atoms. The molecule has 0 aliphatic rings. The molecule has 100 valence electrons. The summed E-state index contributed by atoms with van der Waals surface area (Å²) in [5, 5.41) is 8.56. The molecule has 4 nitrogen and oxygen atoms in total. The molecule has 19 heavy (non-hydrogen) atoms. The zero-order chi connectivity index (χ0) is 13.7. The fourth-order valence-electron chi connectivity index (χ4n) is 1.56. The number of hydrogen-bond acceptors (Lipinski definition) is 4. The first-order chi connectivity index (χ1) is 9.13. The van der Waals surface area contributed by atoms with Crippen LogP contribution in [0.4, 0.5) is 10.1 Å². The average molecular weight is 279 g/mol. The summed E-state index contributed by atoms with van der Waals surface area (Å²) < 4.78 is 12.9. The summed E-state index contributed by atoms with van der Waals surface area (Å²) in [6, 6.07) is 5.81. The van der Waals surface area contributed by atoms with Crippen molar-refractivity contribution in [1.29, 1.82) is 0 Å². The molecular formula is C13H14FN3OS. The molecule has 0 fully saturated rings. The van der Waals surface area contributed by atoms with Crippen LogP contribution in [0.25, 0.3) is 0 Å². The van der Waals surface area contributed by atoms with E-state index >= 15 is 0 Å². The number of thiazole rings is 1. The highest BCUT2D eigenvalue weighted by molar-refractivity contribution is 7.09. The normalized spacial score (nSPS) is 10.4. The molecule has 1 aromatic carbocycles. The number of carbonyl (C=O) groups is 1. The summed E-state index contributed by atoms with van der Waals surface area (Å²) in [6.07, 6.45) is 0. The quantitative estimate of drug-likeness (QED) is 0.883. The van der Waals surface area contributed by atoms with E-state index in [0.29, 0.717) is 12.2 Å². The third kappa shape index (κ3) is 4.42. The van der Waals surface area contributed by atoms with Crippen molar-refractivity contribution in [1.82, 2.24) is 10.3 Å². The van der Waals surface area contributed by atoms with E-state index in [0.717, 1.165) is 10.7 Å². The van der Waals surface area contributed by atoms with E-state index in [9.17, 15) is 9.18 Å². The Kier molecular flexibility index (Phi) is 4.59. The third-order valence-corrected chi connectivity index (χ3v) is 3.19. The molecular weight excluding hydrogens is 265 g/mol. The van der Waals surface area contributed by atoms with Crippen molar-refractivity contribution in [2.24, 2.45) is 0 Å². The molecule has 1 heterocycles. The van der Waals surface area contributed by atoms with Crippen molar-refractivity contribution in [2.75, 3.05) is 11.9 Å². The van der Waals surface area contributed by atoms with Crippen molar-refractivity contribution < 1.29 is 9.18 Å². The Morgan fingerprint density at radius 3 is 3.00 bits per heavy atom. The van der Waals surface area contributed by atoms with Crippen molar-refractivity contribution in [3.63, 3.8) is 0 Å². The SMILES string of the molecule is Cc1nc(CNCC(=O)Nc2cccc(F)c2)cs1. The Bertz CT molecular complexity index is 571. The number of benzene rings is 1. The zero-order valence-corrected chi connectivity index (χ0v) is 11.3. The second kappa shape index (κ2) is 6.40. The predicted molar refractivity (Wildman–Crippen MR) is 73.6 cm³/mol. The van der Waals surface area contributed by atoms with Gasteiger partial charge in [-0.3, -0.25) is 4.79 Å². The van der Waals surface area contributed by atoms with Crippen molar-refractivity contribution >= 4 is 22.9 Å². The van der Waals surface area contributed by atoms with Crippen LogP contribution in [0.15, 0.2) is 29.6 Å². The second-order valence-corrected chi connectivity index (χ2v) is 5.08. The molecule has 1 aromatic heterocycles. The highest BCUT2D eigenvalue weighted by atomic mass is 32.1. The number of amides is 1.